The van der Waals surface area contributed by atoms with E-state index >= 15 is 0 Å². The molecule has 0 aromatic heterocycles. The van der Waals surface area contributed by atoms with E-state index in [0.717, 1.165) is 0 Å². The van der Waals surface area contributed by atoms with Gasteiger partial charge in [0.2, 0.25) is 16.6 Å². The molecule has 0 spiro atoms. The minimum absolute atomic E-state index is 0.241. The van der Waals surface area contributed by atoms with Crippen molar-refractivity contribution in [1.82, 2.24) is 0 Å². The first-order chi connectivity index (χ1) is 11.1. The highest BCUT2D eigenvalue weighted by atomic mass is 28.5. The van der Waals surface area contributed by atoms with Gasteiger partial charge < -0.3 is 17.7 Å². The number of esters is 2. The van der Waals surface area contributed by atoms with Gasteiger partial charge in [-0.1, -0.05) is 13.2 Å². The molecule has 0 N–H and O–H groups in total. The smallest absolute Gasteiger partial charge is 0.332 e. The van der Waals surface area contributed by atoms with E-state index in [0.29, 0.717) is 11.1 Å². The summed E-state index contributed by atoms with van der Waals surface area (Å²) < 4.78 is 23.0. The molecule has 0 unspecified atom stereocenters. The second kappa shape index (κ2) is 9.08. The number of carbonyl (C=O) groups excluding carboxylic acids is 2. The first-order valence-corrected chi connectivity index (χ1v) is 17.2. The molecule has 0 saturated heterocycles. The normalized spacial score (nSPS) is 12.5. The summed E-state index contributed by atoms with van der Waals surface area (Å²) in [4.78, 5) is 23.1. The average molecular weight is 405 g/mol. The lowest BCUT2D eigenvalue weighted by Crippen LogP contribution is -2.55. The third-order valence-electron chi connectivity index (χ3n) is 2.84. The molecule has 0 aliphatic heterocycles. The standard InChI is InChI=1S/C16H32O6Si3/c1-13(2)15(17)19-11-23(5,6)21-25(9,10)22-24(7,8)12-20-16(18)14(3)4/h1,3,11-12H2,2,4-10H3. The summed E-state index contributed by atoms with van der Waals surface area (Å²) >= 11 is 0. The van der Waals surface area contributed by atoms with Crippen molar-refractivity contribution >= 4 is 37.1 Å². The number of hydrogen-bond acceptors (Lipinski definition) is 6. The highest BCUT2D eigenvalue weighted by molar-refractivity contribution is 6.87. The van der Waals surface area contributed by atoms with E-state index in [9.17, 15) is 9.59 Å². The molecule has 0 aromatic rings. The topological polar surface area (TPSA) is 71.1 Å². The van der Waals surface area contributed by atoms with Crippen LogP contribution in [0.5, 0.6) is 0 Å². The van der Waals surface area contributed by atoms with Crippen LogP contribution in [0.1, 0.15) is 13.8 Å². The summed E-state index contributed by atoms with van der Waals surface area (Å²) in [6, 6.07) is 0. The third-order valence-corrected chi connectivity index (χ3v) is 12.9. The molecule has 0 rings (SSSR count). The van der Waals surface area contributed by atoms with Crippen molar-refractivity contribution in [2.24, 2.45) is 0 Å². The zero-order valence-corrected chi connectivity index (χ0v) is 19.8. The summed E-state index contributed by atoms with van der Waals surface area (Å²) in [5.41, 5.74) is 0.732. The monoisotopic (exact) mass is 404 g/mol. The van der Waals surface area contributed by atoms with Crippen LogP contribution in [-0.4, -0.2) is 49.6 Å². The summed E-state index contributed by atoms with van der Waals surface area (Å²) in [6.45, 7) is 22.2. The van der Waals surface area contributed by atoms with Crippen LogP contribution in [0.15, 0.2) is 24.3 Å². The van der Waals surface area contributed by atoms with Crippen LogP contribution in [0.4, 0.5) is 0 Å². The number of hydrogen-bond donors (Lipinski definition) is 0. The Balaban J connectivity index is 4.72. The van der Waals surface area contributed by atoms with Crippen LogP contribution in [0.25, 0.3) is 0 Å². The Hall–Kier alpha value is -1.01. The number of ether oxygens (including phenoxy) is 2. The predicted molar refractivity (Wildman–Crippen MR) is 106 cm³/mol. The van der Waals surface area contributed by atoms with E-state index in [2.05, 4.69) is 13.2 Å². The van der Waals surface area contributed by atoms with Gasteiger partial charge in [0.1, 0.15) is 12.5 Å². The summed E-state index contributed by atoms with van der Waals surface area (Å²) in [7, 11) is -6.99. The highest BCUT2D eigenvalue weighted by Crippen LogP contribution is 2.21. The van der Waals surface area contributed by atoms with Gasteiger partial charge in [0.15, 0.2) is 0 Å². The molecule has 0 heterocycles. The Kier molecular flexibility index (Phi) is 8.71. The fourth-order valence-corrected chi connectivity index (χ4v) is 14.8. The van der Waals surface area contributed by atoms with E-state index in [4.69, 9.17) is 17.7 Å². The molecule has 6 nitrogen and oxygen atoms in total. The molecule has 0 radical (unpaired) electrons. The Morgan fingerprint density at radius 3 is 1.24 bits per heavy atom. The van der Waals surface area contributed by atoms with Crippen LogP contribution in [-0.2, 0) is 27.3 Å². The van der Waals surface area contributed by atoms with E-state index in [1.807, 2.05) is 39.3 Å². The lowest BCUT2D eigenvalue weighted by molar-refractivity contribution is -0.138. The molecule has 0 aromatic carbocycles. The van der Waals surface area contributed by atoms with Crippen molar-refractivity contribution in [3.05, 3.63) is 24.3 Å². The summed E-state index contributed by atoms with van der Waals surface area (Å²) in [5, 5.41) is 0. The van der Waals surface area contributed by atoms with Crippen molar-refractivity contribution in [2.75, 3.05) is 12.5 Å². The van der Waals surface area contributed by atoms with Gasteiger partial charge in [-0.2, -0.15) is 0 Å². The van der Waals surface area contributed by atoms with Gasteiger partial charge in [0.05, 0.1) is 0 Å². The van der Waals surface area contributed by atoms with E-state index in [1.54, 1.807) is 13.8 Å². The molecule has 0 aliphatic carbocycles. The molecule has 0 amide bonds. The predicted octanol–water partition coefficient (Wildman–Crippen LogP) is 3.45. The van der Waals surface area contributed by atoms with Crippen molar-refractivity contribution in [3.63, 3.8) is 0 Å². The van der Waals surface area contributed by atoms with Gasteiger partial charge in [0.25, 0.3) is 0 Å². The maximum Gasteiger partial charge on any atom is 0.332 e. The van der Waals surface area contributed by atoms with Crippen LogP contribution in [0.2, 0.25) is 39.3 Å². The second-order valence-corrected chi connectivity index (χ2v) is 19.9. The van der Waals surface area contributed by atoms with Crippen molar-refractivity contribution in [3.8, 4) is 0 Å². The maximum atomic E-state index is 11.6. The van der Waals surface area contributed by atoms with Crippen molar-refractivity contribution < 1.29 is 27.3 Å². The minimum Gasteiger partial charge on any atom is -0.463 e. The van der Waals surface area contributed by atoms with Gasteiger partial charge in [-0.05, 0) is 53.1 Å². The zero-order chi connectivity index (χ0) is 20.1. The first kappa shape index (κ1) is 24.0. The average Bonchev–Trinajstić information content (AvgIpc) is 2.39. The minimum atomic E-state index is -2.48. The second-order valence-electron chi connectivity index (χ2n) is 7.84. The van der Waals surface area contributed by atoms with Gasteiger partial charge in [-0.3, -0.25) is 0 Å². The highest BCUT2D eigenvalue weighted by Gasteiger charge is 2.41. The van der Waals surface area contributed by atoms with Gasteiger partial charge in [0, 0.05) is 11.1 Å². The summed E-state index contributed by atoms with van der Waals surface area (Å²) in [5.74, 6) is -0.822. The fourth-order valence-electron chi connectivity index (χ4n) is 2.14. The largest absolute Gasteiger partial charge is 0.463 e. The Labute approximate surface area is 154 Å². The van der Waals surface area contributed by atoms with Gasteiger partial charge >= 0.3 is 20.5 Å². The van der Waals surface area contributed by atoms with E-state index in [-0.39, 0.29) is 12.5 Å². The van der Waals surface area contributed by atoms with Crippen LogP contribution >= 0.6 is 0 Å². The first-order valence-electron chi connectivity index (χ1n) is 8.12. The quantitative estimate of drug-likeness (QED) is 0.315. The molecule has 25 heavy (non-hydrogen) atoms. The molecule has 0 fully saturated rings. The maximum absolute atomic E-state index is 11.6. The van der Waals surface area contributed by atoms with Crippen LogP contribution < -0.4 is 0 Å². The fraction of sp³-hybridized carbons (Fsp3) is 0.625. The number of rotatable bonds is 10. The summed E-state index contributed by atoms with van der Waals surface area (Å²) in [6.07, 6.45) is 0.482. The zero-order valence-electron chi connectivity index (χ0n) is 16.8. The molecule has 144 valence electrons. The molecule has 0 bridgehead atoms. The van der Waals surface area contributed by atoms with Crippen LogP contribution in [0.3, 0.4) is 0 Å². The van der Waals surface area contributed by atoms with Crippen molar-refractivity contribution in [2.45, 2.75) is 53.1 Å². The molecule has 0 aliphatic rings. The number of carbonyl (C=O) groups is 2. The van der Waals surface area contributed by atoms with E-state index < -0.39 is 37.1 Å². The molecule has 9 heteroatoms. The molecular formula is C16H32O6Si3. The Bertz CT molecular complexity index is 494. The molecule has 0 saturated carbocycles. The Morgan fingerprint density at radius 1 is 0.720 bits per heavy atom. The molecular weight excluding hydrogens is 372 g/mol. The lowest BCUT2D eigenvalue weighted by Gasteiger charge is -2.38. The third kappa shape index (κ3) is 10.5. The lowest BCUT2D eigenvalue weighted by atomic mass is 10.4. The molecule has 0 atom stereocenters. The van der Waals surface area contributed by atoms with E-state index in [1.165, 1.54) is 0 Å². The SMILES string of the molecule is C=C(C)C(=O)OC[Si](C)(C)O[Si](C)(C)O[Si](C)(C)COC(=O)C(=C)C. The Morgan fingerprint density at radius 2 is 1.00 bits per heavy atom. The van der Waals surface area contributed by atoms with Gasteiger partial charge in [-0.25, -0.2) is 9.59 Å². The van der Waals surface area contributed by atoms with Gasteiger partial charge in [-0.15, -0.1) is 0 Å². The van der Waals surface area contributed by atoms with Crippen molar-refractivity contribution in [1.29, 1.82) is 0 Å². The van der Waals surface area contributed by atoms with Crippen LogP contribution in [0, 0.1) is 0 Å².